The van der Waals surface area contributed by atoms with Crippen molar-refractivity contribution in [1.29, 1.82) is 0 Å². The molecule has 1 amide bonds. The minimum Gasteiger partial charge on any atom is -0.387 e. The van der Waals surface area contributed by atoms with E-state index in [0.717, 1.165) is 22.5 Å². The Morgan fingerprint density at radius 2 is 1.80 bits per heavy atom. The molecule has 104 valence electrons. The largest absolute Gasteiger partial charge is 0.387 e. The topological polar surface area (TPSA) is 41.1 Å². The Balaban J connectivity index is 2.32. The standard InChI is InChI=1S/C16H17ClN2O/c1-10-4-5-11(2)15(8-10)19-16(20)13-9-12(17)6-7-14(13)18-3/h4-9,18H,1-3H3,(H,19,20). The lowest BCUT2D eigenvalue weighted by molar-refractivity contribution is 0.102. The van der Waals surface area contributed by atoms with Gasteiger partial charge in [-0.15, -0.1) is 0 Å². The molecule has 0 spiro atoms. The second-order valence-corrected chi connectivity index (χ2v) is 5.15. The molecule has 0 aliphatic heterocycles. The molecule has 0 unspecified atom stereocenters. The van der Waals surface area contributed by atoms with E-state index in [9.17, 15) is 4.79 Å². The van der Waals surface area contributed by atoms with E-state index in [0.29, 0.717) is 10.6 Å². The summed E-state index contributed by atoms with van der Waals surface area (Å²) >= 11 is 5.97. The van der Waals surface area contributed by atoms with Gasteiger partial charge in [0, 0.05) is 23.4 Å². The van der Waals surface area contributed by atoms with Crippen LogP contribution in [0.25, 0.3) is 0 Å². The van der Waals surface area contributed by atoms with Crippen LogP contribution in [0.3, 0.4) is 0 Å². The summed E-state index contributed by atoms with van der Waals surface area (Å²) in [6, 6.07) is 11.2. The number of carbonyl (C=O) groups is 1. The maximum Gasteiger partial charge on any atom is 0.257 e. The van der Waals surface area contributed by atoms with Crippen molar-refractivity contribution in [1.82, 2.24) is 0 Å². The van der Waals surface area contributed by atoms with Crippen molar-refractivity contribution < 1.29 is 4.79 Å². The summed E-state index contributed by atoms with van der Waals surface area (Å²) in [5.74, 6) is -0.175. The molecule has 0 radical (unpaired) electrons. The zero-order chi connectivity index (χ0) is 14.7. The van der Waals surface area contributed by atoms with Crippen molar-refractivity contribution in [2.24, 2.45) is 0 Å². The maximum atomic E-state index is 12.4. The first-order valence-electron chi connectivity index (χ1n) is 6.37. The van der Waals surface area contributed by atoms with Gasteiger partial charge in [-0.3, -0.25) is 4.79 Å². The van der Waals surface area contributed by atoms with E-state index in [4.69, 9.17) is 11.6 Å². The second kappa shape index (κ2) is 5.97. The number of rotatable bonds is 3. The minimum absolute atomic E-state index is 0.175. The lowest BCUT2D eigenvalue weighted by Gasteiger charge is -2.12. The van der Waals surface area contributed by atoms with Gasteiger partial charge in [0.25, 0.3) is 5.91 Å². The molecule has 2 aromatic rings. The highest BCUT2D eigenvalue weighted by atomic mass is 35.5. The average molecular weight is 289 g/mol. The molecule has 4 heteroatoms. The fourth-order valence-corrected chi connectivity index (χ4v) is 2.15. The average Bonchev–Trinajstić information content (AvgIpc) is 2.42. The number of nitrogens with one attached hydrogen (secondary N) is 2. The van der Waals surface area contributed by atoms with Gasteiger partial charge >= 0.3 is 0 Å². The predicted octanol–water partition coefficient (Wildman–Crippen LogP) is 4.25. The lowest BCUT2D eigenvalue weighted by atomic mass is 10.1. The number of halogens is 1. The summed E-state index contributed by atoms with van der Waals surface area (Å²) < 4.78 is 0. The van der Waals surface area contributed by atoms with Crippen LogP contribution >= 0.6 is 11.6 Å². The molecule has 0 bridgehead atoms. The van der Waals surface area contributed by atoms with Crippen molar-refractivity contribution in [3.8, 4) is 0 Å². The third-order valence-electron chi connectivity index (χ3n) is 3.14. The highest BCUT2D eigenvalue weighted by Gasteiger charge is 2.12. The summed E-state index contributed by atoms with van der Waals surface area (Å²) in [7, 11) is 1.78. The van der Waals surface area contributed by atoms with Gasteiger partial charge in [-0.2, -0.15) is 0 Å². The number of hydrogen-bond donors (Lipinski definition) is 2. The van der Waals surface area contributed by atoms with Crippen LogP contribution < -0.4 is 10.6 Å². The van der Waals surface area contributed by atoms with Crippen LogP contribution in [0, 0.1) is 13.8 Å². The fraction of sp³-hybridized carbons (Fsp3) is 0.188. The fourth-order valence-electron chi connectivity index (χ4n) is 1.98. The molecule has 2 N–H and O–H groups in total. The van der Waals surface area contributed by atoms with Gasteiger partial charge in [-0.1, -0.05) is 23.7 Å². The molecule has 0 aromatic heterocycles. The van der Waals surface area contributed by atoms with E-state index in [1.54, 1.807) is 25.2 Å². The number of benzene rings is 2. The van der Waals surface area contributed by atoms with Crippen LogP contribution in [-0.4, -0.2) is 13.0 Å². The summed E-state index contributed by atoms with van der Waals surface area (Å²) in [4.78, 5) is 12.4. The zero-order valence-electron chi connectivity index (χ0n) is 11.8. The summed E-state index contributed by atoms with van der Waals surface area (Å²) in [6.45, 7) is 3.96. The summed E-state index contributed by atoms with van der Waals surface area (Å²) in [6.07, 6.45) is 0. The van der Waals surface area contributed by atoms with Crippen molar-refractivity contribution in [3.63, 3.8) is 0 Å². The number of anilines is 2. The van der Waals surface area contributed by atoms with E-state index >= 15 is 0 Å². The van der Waals surface area contributed by atoms with Gasteiger partial charge in [0.05, 0.1) is 5.56 Å². The van der Waals surface area contributed by atoms with Gasteiger partial charge in [-0.05, 0) is 49.2 Å². The van der Waals surface area contributed by atoms with Crippen LogP contribution in [0.15, 0.2) is 36.4 Å². The zero-order valence-corrected chi connectivity index (χ0v) is 12.5. The monoisotopic (exact) mass is 288 g/mol. The molecule has 2 aromatic carbocycles. The van der Waals surface area contributed by atoms with E-state index in [2.05, 4.69) is 10.6 Å². The Kier molecular flexibility index (Phi) is 4.30. The molecule has 2 rings (SSSR count). The van der Waals surface area contributed by atoms with Crippen molar-refractivity contribution in [2.75, 3.05) is 17.7 Å². The van der Waals surface area contributed by atoms with Crippen LogP contribution in [0.1, 0.15) is 21.5 Å². The second-order valence-electron chi connectivity index (χ2n) is 4.71. The molecular weight excluding hydrogens is 272 g/mol. The Hall–Kier alpha value is -2.00. The number of hydrogen-bond acceptors (Lipinski definition) is 2. The summed E-state index contributed by atoms with van der Waals surface area (Å²) in [5, 5.41) is 6.46. The Labute approximate surface area is 124 Å². The first-order chi connectivity index (χ1) is 9.51. The van der Waals surface area contributed by atoms with E-state index < -0.39 is 0 Å². The molecule has 0 saturated carbocycles. The number of aryl methyl sites for hydroxylation is 2. The Bertz CT molecular complexity index is 653. The van der Waals surface area contributed by atoms with Crippen molar-refractivity contribution in [2.45, 2.75) is 13.8 Å². The lowest BCUT2D eigenvalue weighted by Crippen LogP contribution is -2.14. The molecule has 0 fully saturated rings. The van der Waals surface area contributed by atoms with Gasteiger partial charge < -0.3 is 10.6 Å². The molecular formula is C16H17ClN2O. The van der Waals surface area contributed by atoms with Crippen molar-refractivity contribution >= 4 is 28.9 Å². The van der Waals surface area contributed by atoms with Gasteiger partial charge in [0.1, 0.15) is 0 Å². The van der Waals surface area contributed by atoms with Crippen LogP contribution in [0.2, 0.25) is 5.02 Å². The van der Waals surface area contributed by atoms with Gasteiger partial charge in [0.2, 0.25) is 0 Å². The molecule has 0 aliphatic rings. The normalized spacial score (nSPS) is 10.2. The third kappa shape index (κ3) is 3.11. The molecule has 20 heavy (non-hydrogen) atoms. The number of amides is 1. The van der Waals surface area contributed by atoms with Crippen LogP contribution in [-0.2, 0) is 0 Å². The first kappa shape index (κ1) is 14.4. The van der Waals surface area contributed by atoms with Gasteiger partial charge in [-0.25, -0.2) is 0 Å². The first-order valence-corrected chi connectivity index (χ1v) is 6.75. The van der Waals surface area contributed by atoms with Crippen LogP contribution in [0.5, 0.6) is 0 Å². The van der Waals surface area contributed by atoms with Crippen LogP contribution in [0.4, 0.5) is 11.4 Å². The quantitative estimate of drug-likeness (QED) is 0.886. The summed E-state index contributed by atoms with van der Waals surface area (Å²) in [5.41, 5.74) is 4.22. The van der Waals surface area contributed by atoms with Crippen molar-refractivity contribution in [3.05, 3.63) is 58.1 Å². The van der Waals surface area contributed by atoms with E-state index in [1.807, 2.05) is 32.0 Å². The smallest absolute Gasteiger partial charge is 0.257 e. The molecule has 0 saturated heterocycles. The minimum atomic E-state index is -0.175. The SMILES string of the molecule is CNc1ccc(Cl)cc1C(=O)Nc1cc(C)ccc1C. The Morgan fingerprint density at radius 3 is 2.50 bits per heavy atom. The maximum absolute atomic E-state index is 12.4. The van der Waals surface area contributed by atoms with E-state index in [1.165, 1.54) is 0 Å². The third-order valence-corrected chi connectivity index (χ3v) is 3.37. The molecule has 3 nitrogen and oxygen atoms in total. The highest BCUT2D eigenvalue weighted by Crippen LogP contribution is 2.23. The molecule has 0 heterocycles. The Morgan fingerprint density at radius 1 is 1.05 bits per heavy atom. The molecule has 0 atom stereocenters. The molecule has 0 aliphatic carbocycles. The van der Waals surface area contributed by atoms with Gasteiger partial charge in [0.15, 0.2) is 0 Å². The van der Waals surface area contributed by atoms with E-state index in [-0.39, 0.29) is 5.91 Å². The number of carbonyl (C=O) groups excluding carboxylic acids is 1. The predicted molar refractivity (Wildman–Crippen MR) is 84.9 cm³/mol. The highest BCUT2D eigenvalue weighted by molar-refractivity contribution is 6.31.